The molecule has 2 aromatic carbocycles. The molecule has 1 atom stereocenters. The van der Waals surface area contributed by atoms with Crippen LogP contribution in [0.2, 0.25) is 0 Å². The van der Waals surface area contributed by atoms with Crippen molar-refractivity contribution >= 4 is 17.2 Å². The van der Waals surface area contributed by atoms with E-state index in [1.165, 1.54) is 22.3 Å². The zero-order chi connectivity index (χ0) is 11.8. The van der Waals surface area contributed by atoms with Crippen molar-refractivity contribution in [3.8, 4) is 0 Å². The van der Waals surface area contributed by atoms with Crippen molar-refractivity contribution in [3.63, 3.8) is 0 Å². The standard InChI is InChI=1S/C16H13Cl/c1-11-13-7-3-2-6-12(13)10-16(17)15-9-5-4-8-14(11)15/h2-9,16H,1,10H2. The molecular formula is C16H13Cl. The van der Waals surface area contributed by atoms with Crippen molar-refractivity contribution in [1.82, 2.24) is 0 Å². The predicted molar refractivity (Wildman–Crippen MR) is 73.3 cm³/mol. The van der Waals surface area contributed by atoms with Crippen molar-refractivity contribution in [2.75, 3.05) is 0 Å². The minimum absolute atomic E-state index is 0.0339. The molecule has 3 rings (SSSR count). The Balaban J connectivity index is 2.26. The van der Waals surface area contributed by atoms with E-state index in [1.807, 2.05) is 12.1 Å². The van der Waals surface area contributed by atoms with E-state index in [1.54, 1.807) is 0 Å². The van der Waals surface area contributed by atoms with Gasteiger partial charge >= 0.3 is 0 Å². The number of benzene rings is 2. The number of halogens is 1. The molecule has 0 fully saturated rings. The van der Waals surface area contributed by atoms with Crippen LogP contribution in [0.4, 0.5) is 0 Å². The number of alkyl halides is 1. The van der Waals surface area contributed by atoms with Crippen LogP contribution in [0.15, 0.2) is 55.1 Å². The minimum atomic E-state index is 0.0339. The Bertz CT molecular complexity index is 584. The second kappa shape index (κ2) is 4.05. The molecule has 0 N–H and O–H groups in total. The second-order valence-electron chi connectivity index (χ2n) is 4.39. The summed E-state index contributed by atoms with van der Waals surface area (Å²) in [5.41, 5.74) is 5.96. The van der Waals surface area contributed by atoms with Crippen molar-refractivity contribution < 1.29 is 0 Å². The van der Waals surface area contributed by atoms with Gasteiger partial charge in [0.05, 0.1) is 5.38 Å². The van der Waals surface area contributed by atoms with Gasteiger partial charge in [-0.25, -0.2) is 0 Å². The maximum absolute atomic E-state index is 6.50. The smallest absolute Gasteiger partial charge is 0.0631 e. The van der Waals surface area contributed by atoms with Gasteiger partial charge in [0.15, 0.2) is 0 Å². The van der Waals surface area contributed by atoms with Crippen molar-refractivity contribution in [3.05, 3.63) is 77.4 Å². The Morgan fingerprint density at radius 1 is 0.941 bits per heavy atom. The molecule has 84 valence electrons. The van der Waals surface area contributed by atoms with Gasteiger partial charge < -0.3 is 0 Å². The van der Waals surface area contributed by atoms with E-state index >= 15 is 0 Å². The topological polar surface area (TPSA) is 0 Å². The van der Waals surface area contributed by atoms with Crippen LogP contribution in [0.5, 0.6) is 0 Å². The first-order chi connectivity index (χ1) is 8.27. The Kier molecular flexibility index (Phi) is 2.53. The molecule has 2 aromatic rings. The van der Waals surface area contributed by atoms with Gasteiger partial charge in [0.2, 0.25) is 0 Å². The fourth-order valence-electron chi connectivity index (χ4n) is 2.49. The van der Waals surface area contributed by atoms with E-state index < -0.39 is 0 Å². The molecule has 0 aliphatic heterocycles. The van der Waals surface area contributed by atoms with Gasteiger partial charge in [-0.2, -0.15) is 0 Å². The molecule has 0 spiro atoms. The van der Waals surface area contributed by atoms with E-state index in [2.05, 4.69) is 43.0 Å². The molecule has 0 amide bonds. The lowest BCUT2D eigenvalue weighted by Gasteiger charge is -2.10. The molecule has 1 unspecified atom stereocenters. The van der Waals surface area contributed by atoms with E-state index in [-0.39, 0.29) is 5.38 Å². The first kappa shape index (κ1) is 10.6. The van der Waals surface area contributed by atoms with Crippen LogP contribution >= 0.6 is 11.6 Å². The lowest BCUT2D eigenvalue weighted by Crippen LogP contribution is -1.95. The summed E-state index contributed by atoms with van der Waals surface area (Å²) < 4.78 is 0. The summed E-state index contributed by atoms with van der Waals surface area (Å²) in [5.74, 6) is 0. The number of hydrogen-bond acceptors (Lipinski definition) is 0. The lowest BCUT2D eigenvalue weighted by molar-refractivity contribution is 0.924. The zero-order valence-corrected chi connectivity index (χ0v) is 10.2. The van der Waals surface area contributed by atoms with Gasteiger partial charge in [0, 0.05) is 0 Å². The van der Waals surface area contributed by atoms with Gasteiger partial charge in [-0.05, 0) is 34.2 Å². The number of rotatable bonds is 0. The van der Waals surface area contributed by atoms with Crippen LogP contribution in [0.3, 0.4) is 0 Å². The lowest BCUT2D eigenvalue weighted by atomic mass is 9.96. The summed E-state index contributed by atoms with van der Waals surface area (Å²) in [4.78, 5) is 0. The summed E-state index contributed by atoms with van der Waals surface area (Å²) in [7, 11) is 0. The third kappa shape index (κ3) is 1.69. The molecule has 17 heavy (non-hydrogen) atoms. The van der Waals surface area contributed by atoms with Crippen LogP contribution in [-0.4, -0.2) is 0 Å². The Morgan fingerprint density at radius 3 is 2.41 bits per heavy atom. The fourth-order valence-corrected chi connectivity index (χ4v) is 2.84. The number of hydrogen-bond donors (Lipinski definition) is 0. The average molecular weight is 241 g/mol. The summed E-state index contributed by atoms with van der Waals surface area (Å²) in [6.07, 6.45) is 0.869. The minimum Gasteiger partial charge on any atom is -0.117 e. The quantitative estimate of drug-likeness (QED) is 0.591. The maximum atomic E-state index is 6.50. The van der Waals surface area contributed by atoms with E-state index in [0.717, 1.165) is 12.0 Å². The first-order valence-corrected chi connectivity index (χ1v) is 6.21. The molecule has 0 radical (unpaired) electrons. The van der Waals surface area contributed by atoms with E-state index in [0.29, 0.717) is 0 Å². The predicted octanol–water partition coefficient (Wildman–Crippen LogP) is 4.58. The summed E-state index contributed by atoms with van der Waals surface area (Å²) in [6.45, 7) is 4.23. The molecule has 1 aliphatic rings. The Hall–Kier alpha value is -1.53. The first-order valence-electron chi connectivity index (χ1n) is 5.78. The molecule has 0 nitrogen and oxygen atoms in total. The van der Waals surface area contributed by atoms with Gasteiger partial charge in [-0.3, -0.25) is 0 Å². The SMILES string of the molecule is C=C1c2ccccc2CC(Cl)c2ccccc21. The largest absolute Gasteiger partial charge is 0.117 e. The van der Waals surface area contributed by atoms with Gasteiger partial charge in [-0.1, -0.05) is 55.1 Å². The van der Waals surface area contributed by atoms with Crippen molar-refractivity contribution in [2.24, 2.45) is 0 Å². The molecule has 0 saturated carbocycles. The normalized spacial score (nSPS) is 18.2. The molecule has 0 bridgehead atoms. The molecule has 1 aliphatic carbocycles. The zero-order valence-electron chi connectivity index (χ0n) is 9.49. The average Bonchev–Trinajstić information content (AvgIpc) is 2.48. The van der Waals surface area contributed by atoms with Gasteiger partial charge in [0.25, 0.3) is 0 Å². The number of fused-ring (bicyclic) bond motifs is 2. The molecular weight excluding hydrogens is 228 g/mol. The highest BCUT2D eigenvalue weighted by atomic mass is 35.5. The van der Waals surface area contributed by atoms with E-state index in [9.17, 15) is 0 Å². The molecule has 1 heteroatoms. The third-order valence-corrected chi connectivity index (χ3v) is 3.75. The van der Waals surface area contributed by atoms with Crippen molar-refractivity contribution in [2.45, 2.75) is 11.8 Å². The maximum Gasteiger partial charge on any atom is 0.0631 e. The fraction of sp³-hybridized carbons (Fsp3) is 0.125. The highest BCUT2D eigenvalue weighted by Gasteiger charge is 2.21. The highest BCUT2D eigenvalue weighted by molar-refractivity contribution is 6.21. The van der Waals surface area contributed by atoms with Gasteiger partial charge in [-0.15, -0.1) is 11.6 Å². The highest BCUT2D eigenvalue weighted by Crippen LogP contribution is 2.39. The monoisotopic (exact) mass is 240 g/mol. The van der Waals surface area contributed by atoms with Crippen LogP contribution in [-0.2, 0) is 6.42 Å². The molecule has 0 saturated heterocycles. The summed E-state index contributed by atoms with van der Waals surface area (Å²) in [6, 6.07) is 16.7. The Labute approximate surface area is 107 Å². The van der Waals surface area contributed by atoms with Crippen LogP contribution < -0.4 is 0 Å². The second-order valence-corrected chi connectivity index (χ2v) is 4.92. The van der Waals surface area contributed by atoms with Crippen molar-refractivity contribution in [1.29, 1.82) is 0 Å². The third-order valence-electron chi connectivity index (χ3n) is 3.36. The molecule has 0 aromatic heterocycles. The summed E-state index contributed by atoms with van der Waals surface area (Å²) >= 11 is 6.50. The van der Waals surface area contributed by atoms with Crippen LogP contribution in [0, 0.1) is 0 Å². The Morgan fingerprint density at radius 2 is 1.59 bits per heavy atom. The van der Waals surface area contributed by atoms with Gasteiger partial charge in [0.1, 0.15) is 0 Å². The molecule has 0 heterocycles. The van der Waals surface area contributed by atoms with Crippen LogP contribution in [0.25, 0.3) is 5.57 Å². The van der Waals surface area contributed by atoms with Crippen LogP contribution in [0.1, 0.15) is 27.6 Å². The van der Waals surface area contributed by atoms with E-state index in [4.69, 9.17) is 11.6 Å². The summed E-state index contributed by atoms with van der Waals surface area (Å²) in [5, 5.41) is 0.0339.